The second kappa shape index (κ2) is 5.87. The molecule has 4 nitrogen and oxygen atoms in total. The Morgan fingerprint density at radius 3 is 2.29 bits per heavy atom. The zero-order chi connectivity index (χ0) is 13.1. The summed E-state index contributed by atoms with van der Waals surface area (Å²) < 4.78 is 28.7. The lowest BCUT2D eigenvalue weighted by Crippen LogP contribution is -2.12. The van der Waals surface area contributed by atoms with E-state index in [4.69, 9.17) is 9.88 Å². The van der Waals surface area contributed by atoms with E-state index in [0.717, 1.165) is 0 Å². The molecule has 0 aliphatic carbocycles. The fourth-order valence-corrected chi connectivity index (χ4v) is 3.30. The standard InChI is InChI=1S/C10H9Br2NO3S/c1-2-3-4-16-10-8(11)5-7(6-9(10)12)17(13,14)15/h5-6H,4H2,1H3,(H2,13,14,15). The molecule has 0 aliphatic heterocycles. The van der Waals surface area contributed by atoms with Gasteiger partial charge >= 0.3 is 0 Å². The zero-order valence-electron chi connectivity index (χ0n) is 8.83. The molecule has 0 unspecified atom stereocenters. The highest BCUT2D eigenvalue weighted by Gasteiger charge is 2.14. The summed E-state index contributed by atoms with van der Waals surface area (Å²) in [6.45, 7) is 1.93. The minimum absolute atomic E-state index is 0.00479. The average Bonchev–Trinajstić information content (AvgIpc) is 2.20. The van der Waals surface area contributed by atoms with Gasteiger partial charge in [0.25, 0.3) is 0 Å². The van der Waals surface area contributed by atoms with Crippen molar-refractivity contribution < 1.29 is 13.2 Å². The van der Waals surface area contributed by atoms with Crippen LogP contribution in [0.25, 0.3) is 0 Å². The molecule has 0 saturated heterocycles. The van der Waals surface area contributed by atoms with Crippen molar-refractivity contribution in [1.82, 2.24) is 0 Å². The Kier molecular flexibility index (Phi) is 5.01. The quantitative estimate of drug-likeness (QED) is 0.815. The van der Waals surface area contributed by atoms with Crippen LogP contribution < -0.4 is 9.88 Å². The Labute approximate surface area is 117 Å². The Bertz CT molecular complexity index is 564. The molecule has 0 atom stereocenters. The van der Waals surface area contributed by atoms with Crippen molar-refractivity contribution in [3.8, 4) is 17.6 Å². The van der Waals surface area contributed by atoms with Crippen LogP contribution >= 0.6 is 31.9 Å². The minimum Gasteiger partial charge on any atom is -0.479 e. The van der Waals surface area contributed by atoms with Gasteiger partial charge in [-0.3, -0.25) is 0 Å². The van der Waals surface area contributed by atoms with Crippen LogP contribution in [-0.4, -0.2) is 15.0 Å². The Morgan fingerprint density at radius 1 is 1.35 bits per heavy atom. The summed E-state index contributed by atoms with van der Waals surface area (Å²) in [5.74, 6) is 5.92. The molecule has 0 radical (unpaired) electrons. The van der Waals surface area contributed by atoms with Gasteiger partial charge in [0, 0.05) is 0 Å². The van der Waals surface area contributed by atoms with E-state index in [1.165, 1.54) is 12.1 Å². The Hall–Kier alpha value is -0.550. The molecule has 7 heteroatoms. The zero-order valence-corrected chi connectivity index (χ0v) is 12.8. The molecule has 1 aromatic rings. The normalized spacial score (nSPS) is 10.6. The van der Waals surface area contributed by atoms with Crippen molar-refractivity contribution >= 4 is 41.9 Å². The largest absolute Gasteiger partial charge is 0.479 e. The van der Waals surface area contributed by atoms with E-state index in [1.807, 2.05) is 0 Å². The van der Waals surface area contributed by atoms with Gasteiger partial charge in [0.1, 0.15) is 12.4 Å². The first kappa shape index (κ1) is 14.5. The summed E-state index contributed by atoms with van der Waals surface area (Å²) in [5, 5.41) is 5.03. The molecular formula is C10H9Br2NO3S. The number of ether oxygens (including phenoxy) is 1. The molecule has 0 aliphatic rings. The molecule has 0 heterocycles. The Balaban J connectivity index is 3.14. The van der Waals surface area contributed by atoms with Crippen molar-refractivity contribution in [2.24, 2.45) is 5.14 Å². The van der Waals surface area contributed by atoms with Gasteiger partial charge in [0.2, 0.25) is 10.0 Å². The number of hydrogen-bond donors (Lipinski definition) is 1. The first-order valence-electron chi connectivity index (χ1n) is 4.40. The summed E-state index contributed by atoms with van der Waals surface area (Å²) in [7, 11) is -3.73. The molecule has 0 bridgehead atoms. The maximum absolute atomic E-state index is 11.2. The van der Waals surface area contributed by atoms with E-state index in [1.54, 1.807) is 6.92 Å². The van der Waals surface area contributed by atoms with Crippen molar-refractivity contribution in [3.05, 3.63) is 21.1 Å². The molecule has 2 N–H and O–H groups in total. The van der Waals surface area contributed by atoms with Crippen LogP contribution in [0.15, 0.2) is 26.0 Å². The minimum atomic E-state index is -3.73. The lowest BCUT2D eigenvalue weighted by molar-refractivity contribution is 0.365. The molecule has 0 spiro atoms. The third kappa shape index (κ3) is 4.00. The highest BCUT2D eigenvalue weighted by Crippen LogP contribution is 2.35. The van der Waals surface area contributed by atoms with Gasteiger partial charge in [-0.1, -0.05) is 5.92 Å². The predicted octanol–water partition coefficient (Wildman–Crippen LogP) is 2.26. The van der Waals surface area contributed by atoms with E-state index in [-0.39, 0.29) is 11.5 Å². The van der Waals surface area contributed by atoms with Gasteiger partial charge in [0.15, 0.2) is 0 Å². The number of benzene rings is 1. The van der Waals surface area contributed by atoms with Crippen LogP contribution in [0.4, 0.5) is 0 Å². The van der Waals surface area contributed by atoms with Gasteiger partial charge in [-0.05, 0) is 50.9 Å². The summed E-state index contributed by atoms with van der Waals surface area (Å²) in [4.78, 5) is 0.00479. The second-order valence-electron chi connectivity index (χ2n) is 2.98. The molecule has 17 heavy (non-hydrogen) atoms. The molecule has 0 aromatic heterocycles. The highest BCUT2D eigenvalue weighted by molar-refractivity contribution is 9.11. The van der Waals surface area contributed by atoms with Crippen LogP contribution in [0.5, 0.6) is 5.75 Å². The maximum Gasteiger partial charge on any atom is 0.238 e. The van der Waals surface area contributed by atoms with E-state index in [9.17, 15) is 8.42 Å². The monoisotopic (exact) mass is 381 g/mol. The highest BCUT2D eigenvalue weighted by atomic mass is 79.9. The lowest BCUT2D eigenvalue weighted by atomic mass is 10.3. The molecule has 1 rings (SSSR count). The van der Waals surface area contributed by atoms with Gasteiger partial charge in [-0.15, -0.1) is 5.92 Å². The predicted molar refractivity (Wildman–Crippen MR) is 72.2 cm³/mol. The number of sulfonamides is 1. The average molecular weight is 383 g/mol. The van der Waals surface area contributed by atoms with Crippen LogP contribution in [0.3, 0.4) is 0 Å². The van der Waals surface area contributed by atoms with Crippen LogP contribution in [0.1, 0.15) is 6.92 Å². The summed E-state index contributed by atoms with van der Waals surface area (Å²) in [6, 6.07) is 2.77. The third-order valence-corrected chi connectivity index (χ3v) is 3.84. The van der Waals surface area contributed by atoms with Crippen molar-refractivity contribution in [2.45, 2.75) is 11.8 Å². The first-order chi connectivity index (χ1) is 7.86. The van der Waals surface area contributed by atoms with Gasteiger partial charge in [0.05, 0.1) is 13.8 Å². The number of hydrogen-bond acceptors (Lipinski definition) is 3. The molecular weight excluding hydrogens is 374 g/mol. The molecule has 1 aromatic carbocycles. The van der Waals surface area contributed by atoms with E-state index >= 15 is 0 Å². The molecule has 0 fully saturated rings. The van der Waals surface area contributed by atoms with Gasteiger partial charge < -0.3 is 4.74 Å². The summed E-state index contributed by atoms with van der Waals surface area (Å²) >= 11 is 6.44. The molecule has 0 saturated carbocycles. The third-order valence-electron chi connectivity index (χ3n) is 1.77. The molecule has 0 amide bonds. The smallest absolute Gasteiger partial charge is 0.238 e. The molecule has 92 valence electrons. The lowest BCUT2D eigenvalue weighted by Gasteiger charge is -2.09. The topological polar surface area (TPSA) is 69.4 Å². The van der Waals surface area contributed by atoms with Gasteiger partial charge in [-0.2, -0.15) is 0 Å². The van der Waals surface area contributed by atoms with Crippen molar-refractivity contribution in [3.63, 3.8) is 0 Å². The van der Waals surface area contributed by atoms with Crippen LogP contribution in [0.2, 0.25) is 0 Å². The fraction of sp³-hybridized carbons (Fsp3) is 0.200. The van der Waals surface area contributed by atoms with E-state index in [2.05, 4.69) is 43.7 Å². The van der Waals surface area contributed by atoms with Gasteiger partial charge in [-0.25, -0.2) is 13.6 Å². The van der Waals surface area contributed by atoms with Crippen molar-refractivity contribution in [2.75, 3.05) is 6.61 Å². The van der Waals surface area contributed by atoms with Crippen molar-refractivity contribution in [1.29, 1.82) is 0 Å². The van der Waals surface area contributed by atoms with E-state index < -0.39 is 10.0 Å². The first-order valence-corrected chi connectivity index (χ1v) is 7.53. The summed E-state index contributed by atoms with van der Waals surface area (Å²) in [6.07, 6.45) is 0. The second-order valence-corrected chi connectivity index (χ2v) is 6.25. The fourth-order valence-electron chi connectivity index (χ4n) is 1.02. The summed E-state index contributed by atoms with van der Waals surface area (Å²) in [5.41, 5.74) is 0. The SMILES string of the molecule is CC#CCOc1c(Br)cc(S(N)(=O)=O)cc1Br. The number of halogens is 2. The maximum atomic E-state index is 11.2. The number of nitrogens with two attached hydrogens (primary N) is 1. The van der Waals surface area contributed by atoms with Crippen LogP contribution in [0, 0.1) is 11.8 Å². The number of rotatable bonds is 3. The Morgan fingerprint density at radius 2 is 1.88 bits per heavy atom. The number of primary sulfonamides is 1. The van der Waals surface area contributed by atoms with E-state index in [0.29, 0.717) is 14.7 Å². The van der Waals surface area contributed by atoms with Crippen LogP contribution in [-0.2, 0) is 10.0 Å².